The minimum atomic E-state index is -0.150. The fourth-order valence-corrected chi connectivity index (χ4v) is 2.88. The van der Waals surface area contributed by atoms with Gasteiger partial charge in [-0.05, 0) is 25.0 Å². The molecule has 1 saturated heterocycles. The Bertz CT molecular complexity index is 647. The molecule has 1 saturated carbocycles. The number of nitrogens with zero attached hydrogens (tertiary/aromatic N) is 4. The number of rotatable bonds is 4. The van der Waals surface area contributed by atoms with Crippen LogP contribution in [-0.2, 0) is 6.54 Å². The van der Waals surface area contributed by atoms with Crippen LogP contribution in [-0.4, -0.2) is 41.2 Å². The smallest absolute Gasteiger partial charge is 0.229 e. The van der Waals surface area contributed by atoms with Gasteiger partial charge in [0.1, 0.15) is 5.82 Å². The van der Waals surface area contributed by atoms with E-state index >= 15 is 0 Å². The van der Waals surface area contributed by atoms with Gasteiger partial charge in [0.15, 0.2) is 5.82 Å². The molecule has 1 aliphatic heterocycles. The largest absolute Gasteiger partial charge is 0.367 e. The second-order valence-electron chi connectivity index (χ2n) is 6.04. The molecule has 0 N–H and O–H groups in total. The Kier molecular flexibility index (Phi) is 3.54. The first-order chi connectivity index (χ1) is 10.8. The third kappa shape index (κ3) is 2.83. The number of halogens is 1. The van der Waals surface area contributed by atoms with Gasteiger partial charge in [0.05, 0.1) is 12.2 Å². The highest BCUT2D eigenvalue weighted by molar-refractivity contribution is 5.47. The predicted molar refractivity (Wildman–Crippen MR) is 80.2 cm³/mol. The zero-order valence-corrected chi connectivity index (χ0v) is 12.4. The van der Waals surface area contributed by atoms with Crippen molar-refractivity contribution in [3.63, 3.8) is 0 Å². The molecule has 0 bridgehead atoms. The summed E-state index contributed by atoms with van der Waals surface area (Å²) in [5, 5.41) is 4.06. The summed E-state index contributed by atoms with van der Waals surface area (Å²) in [6.07, 6.45) is 2.34. The van der Waals surface area contributed by atoms with Crippen molar-refractivity contribution in [3.05, 3.63) is 41.8 Å². The van der Waals surface area contributed by atoms with E-state index in [9.17, 15) is 4.39 Å². The highest BCUT2D eigenvalue weighted by Crippen LogP contribution is 2.38. The maximum absolute atomic E-state index is 13.8. The molecule has 0 atom stereocenters. The highest BCUT2D eigenvalue weighted by atomic mass is 19.1. The standard InChI is InChI=1S/C16H19FN4O/c17-13-3-1-2-4-14(13)21-9-7-20(8-10-21)11-15-18-16(22-19-15)12-5-6-12/h1-4,12H,5-11H2. The van der Waals surface area contributed by atoms with E-state index in [-0.39, 0.29) is 5.82 Å². The van der Waals surface area contributed by atoms with Gasteiger partial charge in [0.25, 0.3) is 0 Å². The minimum Gasteiger partial charge on any atom is -0.367 e. The van der Waals surface area contributed by atoms with Crippen LogP contribution in [0.2, 0.25) is 0 Å². The van der Waals surface area contributed by atoms with Gasteiger partial charge in [-0.1, -0.05) is 17.3 Å². The first-order valence-corrected chi connectivity index (χ1v) is 7.84. The van der Waals surface area contributed by atoms with Crippen LogP contribution in [0.1, 0.15) is 30.5 Å². The van der Waals surface area contributed by atoms with Crippen LogP contribution >= 0.6 is 0 Å². The lowest BCUT2D eigenvalue weighted by molar-refractivity contribution is 0.239. The average Bonchev–Trinajstić information content (AvgIpc) is 3.29. The first-order valence-electron chi connectivity index (χ1n) is 7.84. The number of benzene rings is 1. The normalized spacial score (nSPS) is 19.6. The van der Waals surface area contributed by atoms with Crippen molar-refractivity contribution >= 4 is 5.69 Å². The molecule has 4 rings (SSSR count). The van der Waals surface area contributed by atoms with Crippen molar-refractivity contribution in [2.24, 2.45) is 0 Å². The second kappa shape index (κ2) is 5.68. The first kappa shape index (κ1) is 13.7. The van der Waals surface area contributed by atoms with Crippen molar-refractivity contribution in [2.75, 3.05) is 31.1 Å². The molecule has 2 fully saturated rings. The molecule has 0 unspecified atom stereocenters. The lowest BCUT2D eigenvalue weighted by atomic mass is 10.2. The summed E-state index contributed by atoms with van der Waals surface area (Å²) >= 11 is 0. The Labute approximate surface area is 128 Å². The van der Waals surface area contributed by atoms with E-state index in [4.69, 9.17) is 4.52 Å². The summed E-state index contributed by atoms with van der Waals surface area (Å²) in [5.41, 5.74) is 0.692. The van der Waals surface area contributed by atoms with E-state index in [1.165, 1.54) is 18.9 Å². The van der Waals surface area contributed by atoms with Crippen LogP contribution in [0.25, 0.3) is 0 Å². The number of piperazine rings is 1. The highest BCUT2D eigenvalue weighted by Gasteiger charge is 2.30. The quantitative estimate of drug-likeness (QED) is 0.868. The average molecular weight is 302 g/mol. The summed E-state index contributed by atoms with van der Waals surface area (Å²) in [5.74, 6) is 1.91. The number of hydrogen-bond acceptors (Lipinski definition) is 5. The van der Waals surface area contributed by atoms with E-state index in [0.29, 0.717) is 18.2 Å². The molecule has 2 aliphatic rings. The van der Waals surface area contributed by atoms with Crippen molar-refractivity contribution in [1.29, 1.82) is 0 Å². The van der Waals surface area contributed by atoms with Gasteiger partial charge in [-0.3, -0.25) is 4.90 Å². The molecule has 1 aromatic carbocycles. The molecular formula is C16H19FN4O. The molecule has 5 nitrogen and oxygen atoms in total. The monoisotopic (exact) mass is 302 g/mol. The van der Waals surface area contributed by atoms with Gasteiger partial charge >= 0.3 is 0 Å². The van der Waals surface area contributed by atoms with E-state index in [2.05, 4.69) is 19.9 Å². The SMILES string of the molecule is Fc1ccccc1N1CCN(Cc2noc(C3CC3)n2)CC1. The Balaban J connectivity index is 1.34. The molecule has 6 heteroatoms. The molecule has 2 heterocycles. The summed E-state index contributed by atoms with van der Waals surface area (Å²) in [4.78, 5) is 8.85. The summed E-state index contributed by atoms with van der Waals surface area (Å²) in [6, 6.07) is 6.96. The zero-order chi connectivity index (χ0) is 14.9. The molecule has 1 aromatic heterocycles. The maximum Gasteiger partial charge on any atom is 0.229 e. The number of para-hydroxylation sites is 1. The lowest BCUT2D eigenvalue weighted by Crippen LogP contribution is -2.46. The molecule has 0 radical (unpaired) electrons. The van der Waals surface area contributed by atoms with Crippen molar-refractivity contribution < 1.29 is 8.91 Å². The van der Waals surface area contributed by atoms with E-state index < -0.39 is 0 Å². The molecule has 22 heavy (non-hydrogen) atoms. The maximum atomic E-state index is 13.8. The zero-order valence-electron chi connectivity index (χ0n) is 12.4. The molecule has 0 spiro atoms. The van der Waals surface area contributed by atoms with Crippen LogP contribution < -0.4 is 4.90 Å². The topological polar surface area (TPSA) is 45.4 Å². The van der Waals surface area contributed by atoms with E-state index in [1.54, 1.807) is 6.07 Å². The second-order valence-corrected chi connectivity index (χ2v) is 6.04. The number of hydrogen-bond donors (Lipinski definition) is 0. The molecular weight excluding hydrogens is 283 g/mol. The Morgan fingerprint density at radius 2 is 1.91 bits per heavy atom. The Morgan fingerprint density at radius 1 is 1.14 bits per heavy atom. The van der Waals surface area contributed by atoms with Crippen molar-refractivity contribution in [3.8, 4) is 0 Å². The van der Waals surface area contributed by atoms with Gasteiger partial charge < -0.3 is 9.42 Å². The number of aromatic nitrogens is 2. The molecule has 0 amide bonds. The molecule has 2 aromatic rings. The van der Waals surface area contributed by atoms with Crippen LogP contribution in [0.4, 0.5) is 10.1 Å². The molecule has 116 valence electrons. The molecule has 1 aliphatic carbocycles. The van der Waals surface area contributed by atoms with Gasteiger partial charge in [-0.2, -0.15) is 4.98 Å². The van der Waals surface area contributed by atoms with Crippen LogP contribution in [0.15, 0.2) is 28.8 Å². The van der Waals surface area contributed by atoms with E-state index in [1.807, 2.05) is 12.1 Å². The van der Waals surface area contributed by atoms with Gasteiger partial charge in [0.2, 0.25) is 5.89 Å². The van der Waals surface area contributed by atoms with Gasteiger partial charge in [0, 0.05) is 32.1 Å². The van der Waals surface area contributed by atoms with Crippen molar-refractivity contribution in [2.45, 2.75) is 25.3 Å². The van der Waals surface area contributed by atoms with Crippen LogP contribution in [0.3, 0.4) is 0 Å². The Hall–Kier alpha value is -1.95. The van der Waals surface area contributed by atoms with Crippen LogP contribution in [0.5, 0.6) is 0 Å². The fraction of sp³-hybridized carbons (Fsp3) is 0.500. The van der Waals surface area contributed by atoms with Crippen LogP contribution in [0, 0.1) is 5.82 Å². The third-order valence-electron chi connectivity index (χ3n) is 4.34. The number of anilines is 1. The summed E-state index contributed by atoms with van der Waals surface area (Å²) in [6.45, 7) is 4.09. The van der Waals surface area contributed by atoms with E-state index in [0.717, 1.165) is 37.9 Å². The Morgan fingerprint density at radius 3 is 2.64 bits per heavy atom. The van der Waals surface area contributed by atoms with Gasteiger partial charge in [-0.15, -0.1) is 0 Å². The summed E-state index contributed by atoms with van der Waals surface area (Å²) in [7, 11) is 0. The van der Waals surface area contributed by atoms with Crippen molar-refractivity contribution in [1.82, 2.24) is 15.0 Å². The van der Waals surface area contributed by atoms with Gasteiger partial charge in [-0.25, -0.2) is 4.39 Å². The predicted octanol–water partition coefficient (Wildman–Crippen LogP) is 2.41. The minimum absolute atomic E-state index is 0.150. The lowest BCUT2D eigenvalue weighted by Gasteiger charge is -2.35. The third-order valence-corrected chi connectivity index (χ3v) is 4.34. The fourth-order valence-electron chi connectivity index (χ4n) is 2.88. The summed E-state index contributed by atoms with van der Waals surface area (Å²) < 4.78 is 19.1.